The molecule has 0 radical (unpaired) electrons. The normalized spacial score (nSPS) is 12.9. The Morgan fingerprint density at radius 2 is 2.29 bits per heavy atom. The highest BCUT2D eigenvalue weighted by atomic mass is 16.5. The summed E-state index contributed by atoms with van der Waals surface area (Å²) in [6.45, 7) is 4.03. The third kappa shape index (κ3) is 2.21. The zero-order valence-electron chi connectivity index (χ0n) is 10.3. The molecule has 1 unspecified atom stereocenters. The molecule has 2 aromatic heterocycles. The summed E-state index contributed by atoms with van der Waals surface area (Å²) in [4.78, 5) is 4.29. The van der Waals surface area contributed by atoms with Crippen molar-refractivity contribution in [3.05, 3.63) is 29.2 Å². The van der Waals surface area contributed by atoms with Crippen LogP contribution in [0.4, 0.5) is 0 Å². The average molecular weight is 235 g/mol. The Labute approximate surface area is 99.8 Å². The van der Waals surface area contributed by atoms with Crippen molar-refractivity contribution in [2.24, 2.45) is 12.8 Å². The number of aromatic nitrogens is 4. The summed E-state index contributed by atoms with van der Waals surface area (Å²) in [5.41, 5.74) is 8.04. The van der Waals surface area contributed by atoms with Gasteiger partial charge in [0.25, 0.3) is 0 Å². The molecular weight excluding hydrogens is 218 g/mol. The van der Waals surface area contributed by atoms with E-state index in [4.69, 9.17) is 10.3 Å². The minimum absolute atomic E-state index is 0.377. The molecule has 0 aliphatic rings. The molecule has 0 saturated heterocycles. The largest absolute Gasteiger partial charge is 0.339 e. The Morgan fingerprint density at radius 3 is 2.88 bits per heavy atom. The molecule has 2 aromatic rings. The summed E-state index contributed by atoms with van der Waals surface area (Å²) in [7, 11) is 1.88. The second kappa shape index (κ2) is 4.67. The van der Waals surface area contributed by atoms with Gasteiger partial charge in [-0.25, -0.2) is 0 Å². The number of nitrogens with zero attached hydrogens (tertiary/aromatic N) is 4. The van der Waals surface area contributed by atoms with Crippen LogP contribution in [0.2, 0.25) is 0 Å². The lowest BCUT2D eigenvalue weighted by Gasteiger charge is -2.05. The fraction of sp³-hybridized carbons (Fsp3) is 0.545. The maximum atomic E-state index is 6.10. The molecule has 17 heavy (non-hydrogen) atoms. The average Bonchev–Trinajstić information content (AvgIpc) is 2.88. The summed E-state index contributed by atoms with van der Waals surface area (Å²) in [6, 6.07) is -0.377. The first-order valence-corrected chi connectivity index (χ1v) is 5.70. The van der Waals surface area contributed by atoms with Gasteiger partial charge in [-0.3, -0.25) is 4.68 Å². The van der Waals surface area contributed by atoms with Gasteiger partial charge in [-0.1, -0.05) is 12.1 Å². The van der Waals surface area contributed by atoms with E-state index in [0.29, 0.717) is 11.7 Å². The van der Waals surface area contributed by atoms with Gasteiger partial charge in [0.2, 0.25) is 5.89 Å². The SMILES string of the molecule is CCCc1nc(C(N)c2cnn(C)c2C)no1. The van der Waals surface area contributed by atoms with Crippen LogP contribution in [-0.4, -0.2) is 19.9 Å². The van der Waals surface area contributed by atoms with E-state index in [0.717, 1.165) is 24.1 Å². The maximum absolute atomic E-state index is 6.10. The molecule has 0 saturated carbocycles. The van der Waals surface area contributed by atoms with E-state index in [1.165, 1.54) is 0 Å². The molecule has 0 bridgehead atoms. The Hall–Kier alpha value is -1.69. The summed E-state index contributed by atoms with van der Waals surface area (Å²) in [6.07, 6.45) is 3.50. The zero-order chi connectivity index (χ0) is 12.4. The number of rotatable bonds is 4. The first kappa shape index (κ1) is 11.8. The molecule has 6 nitrogen and oxygen atoms in total. The number of hydrogen-bond donors (Lipinski definition) is 1. The highest BCUT2D eigenvalue weighted by Gasteiger charge is 2.19. The van der Waals surface area contributed by atoms with E-state index in [2.05, 4.69) is 22.2 Å². The van der Waals surface area contributed by atoms with Crippen molar-refractivity contribution >= 4 is 0 Å². The second-order valence-electron chi connectivity index (χ2n) is 4.08. The Balaban J connectivity index is 2.24. The number of aryl methyl sites for hydroxylation is 2. The fourth-order valence-electron chi connectivity index (χ4n) is 1.67. The predicted octanol–water partition coefficient (Wildman–Crippen LogP) is 1.11. The van der Waals surface area contributed by atoms with Gasteiger partial charge in [0.05, 0.1) is 12.2 Å². The van der Waals surface area contributed by atoms with Crippen LogP contribution in [0.3, 0.4) is 0 Å². The molecule has 0 spiro atoms. The van der Waals surface area contributed by atoms with Crippen molar-refractivity contribution in [3.8, 4) is 0 Å². The number of nitrogens with two attached hydrogens (primary N) is 1. The quantitative estimate of drug-likeness (QED) is 0.858. The first-order valence-electron chi connectivity index (χ1n) is 5.70. The molecule has 0 aromatic carbocycles. The van der Waals surface area contributed by atoms with Crippen LogP contribution >= 0.6 is 0 Å². The third-order valence-corrected chi connectivity index (χ3v) is 2.83. The van der Waals surface area contributed by atoms with Gasteiger partial charge < -0.3 is 10.3 Å². The lowest BCUT2D eigenvalue weighted by molar-refractivity contribution is 0.370. The van der Waals surface area contributed by atoms with Crippen LogP contribution in [0.25, 0.3) is 0 Å². The predicted molar refractivity (Wildman–Crippen MR) is 62.3 cm³/mol. The molecule has 92 valence electrons. The van der Waals surface area contributed by atoms with Crippen LogP contribution in [0, 0.1) is 6.92 Å². The fourth-order valence-corrected chi connectivity index (χ4v) is 1.67. The first-order chi connectivity index (χ1) is 8.13. The standard InChI is InChI=1S/C11H17N5O/c1-4-5-9-14-11(15-17-9)10(12)8-6-13-16(3)7(8)2/h6,10H,4-5,12H2,1-3H3. The lowest BCUT2D eigenvalue weighted by Crippen LogP contribution is -2.14. The highest BCUT2D eigenvalue weighted by molar-refractivity contribution is 5.25. The molecule has 2 rings (SSSR count). The molecule has 6 heteroatoms. The summed E-state index contributed by atoms with van der Waals surface area (Å²) in [5, 5.41) is 8.07. The highest BCUT2D eigenvalue weighted by Crippen LogP contribution is 2.19. The van der Waals surface area contributed by atoms with Gasteiger partial charge in [-0.15, -0.1) is 0 Å². The van der Waals surface area contributed by atoms with Crippen molar-refractivity contribution in [1.29, 1.82) is 0 Å². The molecule has 1 atom stereocenters. The molecular formula is C11H17N5O. The van der Waals surface area contributed by atoms with Crippen molar-refractivity contribution in [1.82, 2.24) is 19.9 Å². The van der Waals surface area contributed by atoms with Gasteiger partial charge in [0, 0.05) is 24.7 Å². The third-order valence-electron chi connectivity index (χ3n) is 2.83. The summed E-state index contributed by atoms with van der Waals surface area (Å²) < 4.78 is 6.91. The topological polar surface area (TPSA) is 82.8 Å². The van der Waals surface area contributed by atoms with Crippen molar-refractivity contribution in [3.63, 3.8) is 0 Å². The van der Waals surface area contributed by atoms with Gasteiger partial charge in [-0.05, 0) is 13.3 Å². The van der Waals surface area contributed by atoms with Crippen molar-refractivity contribution in [2.75, 3.05) is 0 Å². The van der Waals surface area contributed by atoms with Crippen LogP contribution in [0.15, 0.2) is 10.7 Å². The molecule has 0 aliphatic heterocycles. The Morgan fingerprint density at radius 1 is 1.53 bits per heavy atom. The summed E-state index contributed by atoms with van der Waals surface area (Å²) >= 11 is 0. The van der Waals surface area contributed by atoms with E-state index in [9.17, 15) is 0 Å². The van der Waals surface area contributed by atoms with Crippen molar-refractivity contribution in [2.45, 2.75) is 32.7 Å². The molecule has 2 heterocycles. The molecule has 0 aliphatic carbocycles. The van der Waals surface area contributed by atoms with E-state index in [-0.39, 0.29) is 6.04 Å². The van der Waals surface area contributed by atoms with Crippen LogP contribution < -0.4 is 5.73 Å². The van der Waals surface area contributed by atoms with Gasteiger partial charge in [0.15, 0.2) is 5.82 Å². The van der Waals surface area contributed by atoms with Gasteiger partial charge >= 0.3 is 0 Å². The van der Waals surface area contributed by atoms with E-state index >= 15 is 0 Å². The molecule has 0 fully saturated rings. The van der Waals surface area contributed by atoms with Crippen molar-refractivity contribution < 1.29 is 4.52 Å². The van der Waals surface area contributed by atoms with Gasteiger partial charge in [-0.2, -0.15) is 10.1 Å². The maximum Gasteiger partial charge on any atom is 0.226 e. The smallest absolute Gasteiger partial charge is 0.226 e. The van der Waals surface area contributed by atoms with Crippen LogP contribution in [0.1, 0.15) is 42.4 Å². The Bertz CT molecular complexity index is 502. The minimum Gasteiger partial charge on any atom is -0.339 e. The lowest BCUT2D eigenvalue weighted by atomic mass is 10.1. The summed E-state index contributed by atoms with van der Waals surface area (Å²) in [5.74, 6) is 1.16. The Kier molecular flexibility index (Phi) is 3.23. The van der Waals surface area contributed by atoms with Crippen LogP contribution in [0.5, 0.6) is 0 Å². The zero-order valence-corrected chi connectivity index (χ0v) is 10.3. The van der Waals surface area contributed by atoms with E-state index in [1.54, 1.807) is 10.9 Å². The minimum atomic E-state index is -0.377. The van der Waals surface area contributed by atoms with Gasteiger partial charge in [0.1, 0.15) is 0 Å². The van der Waals surface area contributed by atoms with E-state index < -0.39 is 0 Å². The molecule has 0 amide bonds. The second-order valence-corrected chi connectivity index (χ2v) is 4.08. The van der Waals surface area contributed by atoms with Crippen LogP contribution in [-0.2, 0) is 13.5 Å². The number of hydrogen-bond acceptors (Lipinski definition) is 5. The van der Waals surface area contributed by atoms with E-state index in [1.807, 2.05) is 14.0 Å². The monoisotopic (exact) mass is 235 g/mol. The molecule has 2 N–H and O–H groups in total.